The summed E-state index contributed by atoms with van der Waals surface area (Å²) in [6, 6.07) is 5.94. The van der Waals surface area contributed by atoms with Gasteiger partial charge in [-0.25, -0.2) is 13.1 Å². The standard InChI is InChI=1S/C19H29N3O4S/c1-13(2)20-18(23)15-8-10-22(11-9-15)19(24)16-6-5-7-17(12-16)27(25,26)21-14(3)4/h5-7,12-15,21H,8-11H2,1-4H3,(H,20,23). The van der Waals surface area contributed by atoms with Crippen LogP contribution in [0.5, 0.6) is 0 Å². The van der Waals surface area contributed by atoms with E-state index in [-0.39, 0.29) is 34.7 Å². The lowest BCUT2D eigenvalue weighted by atomic mass is 9.95. The number of benzene rings is 1. The Labute approximate surface area is 161 Å². The lowest BCUT2D eigenvalue weighted by Crippen LogP contribution is -2.44. The first-order chi connectivity index (χ1) is 12.6. The van der Waals surface area contributed by atoms with Gasteiger partial charge in [-0.15, -0.1) is 0 Å². The van der Waals surface area contributed by atoms with Gasteiger partial charge in [-0.3, -0.25) is 9.59 Å². The van der Waals surface area contributed by atoms with Crippen molar-refractivity contribution in [3.05, 3.63) is 29.8 Å². The third-order valence-corrected chi connectivity index (χ3v) is 6.02. The molecule has 1 aliphatic heterocycles. The van der Waals surface area contributed by atoms with E-state index in [1.54, 1.807) is 30.9 Å². The van der Waals surface area contributed by atoms with Crippen LogP contribution in [0.15, 0.2) is 29.2 Å². The van der Waals surface area contributed by atoms with Gasteiger partial charge in [-0.1, -0.05) is 6.07 Å². The Kier molecular flexibility index (Phi) is 7.00. The Morgan fingerprint density at radius 1 is 1.07 bits per heavy atom. The molecule has 7 nitrogen and oxygen atoms in total. The third-order valence-electron chi connectivity index (χ3n) is 4.37. The van der Waals surface area contributed by atoms with E-state index in [4.69, 9.17) is 0 Å². The summed E-state index contributed by atoms with van der Waals surface area (Å²) in [5.74, 6) is -0.261. The fourth-order valence-electron chi connectivity index (χ4n) is 3.10. The van der Waals surface area contributed by atoms with Gasteiger partial charge in [-0.2, -0.15) is 0 Å². The van der Waals surface area contributed by atoms with Crippen LogP contribution in [-0.4, -0.2) is 50.3 Å². The van der Waals surface area contributed by atoms with E-state index in [0.717, 1.165) is 0 Å². The molecule has 0 radical (unpaired) electrons. The second-order valence-electron chi connectivity index (χ2n) is 7.53. The number of hydrogen-bond acceptors (Lipinski definition) is 4. The molecule has 0 aliphatic carbocycles. The highest BCUT2D eigenvalue weighted by atomic mass is 32.2. The van der Waals surface area contributed by atoms with E-state index in [0.29, 0.717) is 31.5 Å². The van der Waals surface area contributed by atoms with Crippen LogP contribution in [0.1, 0.15) is 50.9 Å². The second kappa shape index (κ2) is 8.84. The van der Waals surface area contributed by atoms with Crippen LogP contribution in [0, 0.1) is 5.92 Å². The Balaban J connectivity index is 2.05. The molecule has 2 N–H and O–H groups in total. The fraction of sp³-hybridized carbons (Fsp3) is 0.579. The highest BCUT2D eigenvalue weighted by Crippen LogP contribution is 2.21. The molecule has 1 aliphatic rings. The maximum atomic E-state index is 12.8. The number of rotatable bonds is 6. The number of amides is 2. The normalized spacial score (nSPS) is 16.0. The first kappa shape index (κ1) is 21.4. The van der Waals surface area contributed by atoms with Gasteiger partial charge in [0.25, 0.3) is 5.91 Å². The number of carbonyl (C=O) groups excluding carboxylic acids is 2. The first-order valence-electron chi connectivity index (χ1n) is 9.32. The number of nitrogens with one attached hydrogen (secondary N) is 2. The van der Waals surface area contributed by atoms with E-state index in [9.17, 15) is 18.0 Å². The van der Waals surface area contributed by atoms with Gasteiger partial charge < -0.3 is 10.2 Å². The van der Waals surface area contributed by atoms with E-state index in [2.05, 4.69) is 10.0 Å². The highest BCUT2D eigenvalue weighted by Gasteiger charge is 2.28. The summed E-state index contributed by atoms with van der Waals surface area (Å²) in [5, 5.41) is 2.91. The van der Waals surface area contributed by atoms with E-state index in [1.807, 2.05) is 13.8 Å². The molecular weight excluding hydrogens is 366 g/mol. The van der Waals surface area contributed by atoms with E-state index in [1.165, 1.54) is 12.1 Å². The second-order valence-corrected chi connectivity index (χ2v) is 9.25. The SMILES string of the molecule is CC(C)NC(=O)C1CCN(C(=O)c2cccc(S(=O)(=O)NC(C)C)c2)CC1. The largest absolute Gasteiger partial charge is 0.354 e. The van der Waals surface area contributed by atoms with Crippen LogP contribution in [0.3, 0.4) is 0 Å². The molecule has 0 aromatic heterocycles. The first-order valence-corrected chi connectivity index (χ1v) is 10.8. The quantitative estimate of drug-likeness (QED) is 0.767. The summed E-state index contributed by atoms with van der Waals surface area (Å²) in [6.45, 7) is 8.29. The predicted molar refractivity (Wildman–Crippen MR) is 104 cm³/mol. The molecule has 1 saturated heterocycles. The molecule has 0 bridgehead atoms. The Hall–Kier alpha value is -1.93. The average molecular weight is 396 g/mol. The maximum absolute atomic E-state index is 12.8. The van der Waals surface area contributed by atoms with Crippen LogP contribution in [-0.2, 0) is 14.8 Å². The van der Waals surface area contributed by atoms with Crippen molar-refractivity contribution in [1.29, 1.82) is 0 Å². The molecule has 0 spiro atoms. The maximum Gasteiger partial charge on any atom is 0.253 e. The summed E-state index contributed by atoms with van der Waals surface area (Å²) in [5.41, 5.74) is 0.340. The van der Waals surface area contributed by atoms with Gasteiger partial charge in [0.15, 0.2) is 0 Å². The summed E-state index contributed by atoms with van der Waals surface area (Å²) >= 11 is 0. The zero-order chi connectivity index (χ0) is 20.2. The van der Waals surface area contributed by atoms with Crippen molar-refractivity contribution < 1.29 is 18.0 Å². The van der Waals surface area contributed by atoms with Crippen molar-refractivity contribution in [3.8, 4) is 0 Å². The molecule has 27 heavy (non-hydrogen) atoms. The molecule has 1 fully saturated rings. The zero-order valence-electron chi connectivity index (χ0n) is 16.4. The molecule has 0 atom stereocenters. The minimum atomic E-state index is -3.65. The smallest absolute Gasteiger partial charge is 0.253 e. The van der Waals surface area contributed by atoms with Crippen LogP contribution in [0.25, 0.3) is 0 Å². The summed E-state index contributed by atoms with van der Waals surface area (Å²) in [6.07, 6.45) is 1.22. The summed E-state index contributed by atoms with van der Waals surface area (Å²) in [7, 11) is -3.65. The molecule has 1 aromatic rings. The van der Waals surface area contributed by atoms with Crippen LogP contribution in [0.2, 0.25) is 0 Å². The summed E-state index contributed by atoms with van der Waals surface area (Å²) in [4.78, 5) is 26.6. The third kappa shape index (κ3) is 5.77. The number of piperidine rings is 1. The predicted octanol–water partition coefficient (Wildman–Crippen LogP) is 1.75. The van der Waals surface area contributed by atoms with Crippen molar-refractivity contribution in [2.75, 3.05) is 13.1 Å². The lowest BCUT2D eigenvalue weighted by molar-refractivity contribution is -0.126. The minimum absolute atomic E-state index is 0.0324. The zero-order valence-corrected chi connectivity index (χ0v) is 17.2. The van der Waals surface area contributed by atoms with Crippen molar-refractivity contribution in [2.24, 2.45) is 5.92 Å². The Morgan fingerprint density at radius 3 is 2.26 bits per heavy atom. The monoisotopic (exact) mass is 395 g/mol. The average Bonchev–Trinajstić information content (AvgIpc) is 2.59. The Morgan fingerprint density at radius 2 is 1.70 bits per heavy atom. The van der Waals surface area contributed by atoms with E-state index < -0.39 is 10.0 Å². The van der Waals surface area contributed by atoms with Crippen molar-refractivity contribution >= 4 is 21.8 Å². The lowest BCUT2D eigenvalue weighted by Gasteiger charge is -2.31. The molecule has 0 saturated carbocycles. The fourth-order valence-corrected chi connectivity index (χ4v) is 4.40. The molecule has 150 valence electrons. The van der Waals surface area contributed by atoms with Gasteiger partial charge in [-0.05, 0) is 58.7 Å². The molecule has 2 amide bonds. The van der Waals surface area contributed by atoms with Crippen LogP contribution in [0.4, 0.5) is 0 Å². The van der Waals surface area contributed by atoms with Crippen molar-refractivity contribution in [1.82, 2.24) is 14.9 Å². The topological polar surface area (TPSA) is 95.6 Å². The van der Waals surface area contributed by atoms with Crippen LogP contribution >= 0.6 is 0 Å². The molecule has 8 heteroatoms. The van der Waals surface area contributed by atoms with Gasteiger partial charge in [0.1, 0.15) is 0 Å². The number of carbonyl (C=O) groups is 2. The number of hydrogen-bond donors (Lipinski definition) is 2. The van der Waals surface area contributed by atoms with Gasteiger partial charge >= 0.3 is 0 Å². The number of sulfonamides is 1. The highest BCUT2D eigenvalue weighted by molar-refractivity contribution is 7.89. The number of nitrogens with zero attached hydrogens (tertiary/aromatic N) is 1. The summed E-state index contributed by atoms with van der Waals surface area (Å²) < 4.78 is 27.2. The van der Waals surface area contributed by atoms with Crippen molar-refractivity contribution in [3.63, 3.8) is 0 Å². The number of likely N-dealkylation sites (tertiary alicyclic amines) is 1. The van der Waals surface area contributed by atoms with Gasteiger partial charge in [0.2, 0.25) is 15.9 Å². The van der Waals surface area contributed by atoms with Gasteiger partial charge in [0.05, 0.1) is 4.90 Å². The van der Waals surface area contributed by atoms with E-state index >= 15 is 0 Å². The molecule has 1 heterocycles. The molecule has 1 aromatic carbocycles. The molecule has 2 rings (SSSR count). The Bertz CT molecular complexity index is 782. The molecular formula is C19H29N3O4S. The van der Waals surface area contributed by atoms with Gasteiger partial charge in [0, 0.05) is 36.7 Å². The van der Waals surface area contributed by atoms with Crippen LogP contribution < -0.4 is 10.0 Å². The molecule has 0 unspecified atom stereocenters. The minimum Gasteiger partial charge on any atom is -0.354 e. The van der Waals surface area contributed by atoms with Crippen molar-refractivity contribution in [2.45, 2.75) is 57.5 Å².